The summed E-state index contributed by atoms with van der Waals surface area (Å²) in [5.74, 6) is -0.640. The van der Waals surface area contributed by atoms with Gasteiger partial charge in [0.1, 0.15) is 0 Å². The normalized spacial score (nSPS) is 13.3. The van der Waals surface area contributed by atoms with E-state index in [1.165, 1.54) is 0 Å². The van der Waals surface area contributed by atoms with Crippen molar-refractivity contribution in [2.24, 2.45) is 0 Å². The van der Waals surface area contributed by atoms with E-state index < -0.39 is 0 Å². The number of hydrogen-bond acceptors (Lipinski definition) is 2. The molecule has 0 bridgehead atoms. The molecule has 3 nitrogen and oxygen atoms in total. The third-order valence-corrected chi connectivity index (χ3v) is 2.19. The Kier molecular flexibility index (Phi) is 3.85. The molecule has 0 aromatic heterocycles. The summed E-state index contributed by atoms with van der Waals surface area (Å²) in [4.78, 5) is 22.1. The first-order chi connectivity index (χ1) is 5.68. The Morgan fingerprint density at radius 3 is 2.46 bits per heavy atom. The van der Waals surface area contributed by atoms with Gasteiger partial charge < -0.3 is 1.43 Å². The summed E-state index contributed by atoms with van der Waals surface area (Å²) < 4.78 is 0.797. The summed E-state index contributed by atoms with van der Waals surface area (Å²) >= 11 is 3.22. The number of rotatable bonds is 0. The molecule has 0 spiro atoms. The number of hydrogen-bond donors (Lipinski definition) is 1. The molecular formula is C8H5BrKNO2. The van der Waals surface area contributed by atoms with E-state index in [1.807, 2.05) is 0 Å². The Hall–Kier alpha value is 0.476. The Bertz CT molecular complexity index is 397. The molecule has 0 radical (unpaired) electrons. The van der Waals surface area contributed by atoms with Crippen LogP contribution in [0.1, 0.15) is 22.1 Å². The third-order valence-electron chi connectivity index (χ3n) is 1.70. The van der Waals surface area contributed by atoms with Crippen LogP contribution in [0.3, 0.4) is 0 Å². The van der Waals surface area contributed by atoms with E-state index in [-0.39, 0.29) is 64.6 Å². The zero-order valence-electron chi connectivity index (χ0n) is 7.93. The molecule has 0 fully saturated rings. The van der Waals surface area contributed by atoms with Gasteiger partial charge in [-0.3, -0.25) is 14.9 Å². The van der Waals surface area contributed by atoms with Gasteiger partial charge in [0, 0.05) is 4.47 Å². The van der Waals surface area contributed by atoms with Crippen LogP contribution in [-0.4, -0.2) is 11.8 Å². The zero-order chi connectivity index (χ0) is 8.72. The van der Waals surface area contributed by atoms with Gasteiger partial charge in [0.2, 0.25) is 0 Å². The van der Waals surface area contributed by atoms with Crippen LogP contribution in [0.25, 0.3) is 0 Å². The molecule has 1 aliphatic rings. The van der Waals surface area contributed by atoms with Gasteiger partial charge >= 0.3 is 51.4 Å². The van der Waals surface area contributed by atoms with Crippen molar-refractivity contribution in [2.45, 2.75) is 0 Å². The Labute approximate surface area is 127 Å². The number of imide groups is 1. The SMILES string of the molecule is O=C1NC(=O)c2cc(Br)ccc21.[H-].[K+]. The fourth-order valence-corrected chi connectivity index (χ4v) is 1.50. The van der Waals surface area contributed by atoms with Crippen LogP contribution >= 0.6 is 15.9 Å². The van der Waals surface area contributed by atoms with Gasteiger partial charge in [0.25, 0.3) is 11.8 Å². The van der Waals surface area contributed by atoms with Gasteiger partial charge in [-0.2, -0.15) is 0 Å². The monoisotopic (exact) mass is 265 g/mol. The van der Waals surface area contributed by atoms with Gasteiger partial charge in [-0.1, -0.05) is 15.9 Å². The predicted octanol–water partition coefficient (Wildman–Crippen LogP) is -1.55. The maximum Gasteiger partial charge on any atom is 1.00 e. The minimum Gasteiger partial charge on any atom is -1.00 e. The molecule has 2 amide bonds. The van der Waals surface area contributed by atoms with E-state index >= 15 is 0 Å². The van der Waals surface area contributed by atoms with Crippen LogP contribution in [0.5, 0.6) is 0 Å². The van der Waals surface area contributed by atoms with Crippen LogP contribution < -0.4 is 56.7 Å². The predicted molar refractivity (Wildman–Crippen MR) is 47.1 cm³/mol. The summed E-state index contributed by atoms with van der Waals surface area (Å²) in [7, 11) is 0. The second-order valence-electron chi connectivity index (χ2n) is 2.47. The fourth-order valence-electron chi connectivity index (χ4n) is 1.14. The second-order valence-corrected chi connectivity index (χ2v) is 3.39. The summed E-state index contributed by atoms with van der Waals surface area (Å²) in [6.45, 7) is 0. The number of carbonyl (C=O) groups is 2. The molecule has 1 aromatic rings. The number of nitrogens with one attached hydrogen (secondary N) is 1. The van der Waals surface area contributed by atoms with Gasteiger partial charge in [0.15, 0.2) is 0 Å². The largest absolute Gasteiger partial charge is 1.00 e. The van der Waals surface area contributed by atoms with E-state index in [0.717, 1.165) is 4.47 Å². The molecule has 62 valence electrons. The van der Waals surface area contributed by atoms with Crippen LogP contribution in [0, 0.1) is 0 Å². The Balaban J connectivity index is 0.000000845. The van der Waals surface area contributed by atoms with Crippen LogP contribution in [0.15, 0.2) is 22.7 Å². The van der Waals surface area contributed by atoms with E-state index in [1.54, 1.807) is 18.2 Å². The molecule has 5 heteroatoms. The van der Waals surface area contributed by atoms with Crippen molar-refractivity contribution in [3.63, 3.8) is 0 Å². The molecule has 0 atom stereocenters. The van der Waals surface area contributed by atoms with Gasteiger partial charge in [-0.15, -0.1) is 0 Å². The fraction of sp³-hybridized carbons (Fsp3) is 0. The Morgan fingerprint density at radius 1 is 1.15 bits per heavy atom. The first-order valence-electron chi connectivity index (χ1n) is 3.34. The Morgan fingerprint density at radius 2 is 1.77 bits per heavy atom. The molecule has 2 rings (SSSR count). The first-order valence-corrected chi connectivity index (χ1v) is 4.13. The van der Waals surface area contributed by atoms with Crippen molar-refractivity contribution < 1.29 is 62.4 Å². The molecule has 0 saturated heterocycles. The quantitative estimate of drug-likeness (QED) is 0.456. The maximum atomic E-state index is 11.1. The van der Waals surface area contributed by atoms with Gasteiger partial charge in [-0.25, -0.2) is 0 Å². The molecule has 1 N–H and O–H groups in total. The molecule has 13 heavy (non-hydrogen) atoms. The average Bonchev–Trinajstić information content (AvgIpc) is 2.28. The summed E-state index contributed by atoms with van der Waals surface area (Å²) in [5, 5.41) is 2.21. The number of fused-ring (bicyclic) bond motifs is 1. The van der Waals surface area contributed by atoms with E-state index in [9.17, 15) is 9.59 Å². The molecule has 0 aliphatic carbocycles. The van der Waals surface area contributed by atoms with Crippen LogP contribution in [0.2, 0.25) is 0 Å². The van der Waals surface area contributed by atoms with E-state index in [0.29, 0.717) is 11.1 Å². The minimum atomic E-state index is -0.323. The van der Waals surface area contributed by atoms with E-state index in [2.05, 4.69) is 21.2 Å². The average molecular weight is 266 g/mol. The second kappa shape index (κ2) is 4.33. The third kappa shape index (κ3) is 2.11. The van der Waals surface area contributed by atoms with Gasteiger partial charge in [-0.05, 0) is 18.2 Å². The number of carbonyl (C=O) groups excluding carboxylic acids is 2. The molecule has 1 heterocycles. The van der Waals surface area contributed by atoms with E-state index in [4.69, 9.17) is 0 Å². The molecule has 0 unspecified atom stereocenters. The number of benzene rings is 1. The summed E-state index contributed by atoms with van der Waals surface area (Å²) in [6.07, 6.45) is 0. The number of amides is 2. The molecule has 1 aromatic carbocycles. The van der Waals surface area contributed by atoms with Crippen molar-refractivity contribution in [1.82, 2.24) is 5.32 Å². The molecular weight excluding hydrogens is 261 g/mol. The number of halogens is 1. The van der Waals surface area contributed by atoms with Crippen molar-refractivity contribution in [2.75, 3.05) is 0 Å². The first kappa shape index (κ1) is 11.6. The zero-order valence-corrected chi connectivity index (χ0v) is 11.6. The van der Waals surface area contributed by atoms with Crippen LogP contribution in [0.4, 0.5) is 0 Å². The van der Waals surface area contributed by atoms with Crippen molar-refractivity contribution in [3.05, 3.63) is 33.8 Å². The van der Waals surface area contributed by atoms with Crippen molar-refractivity contribution >= 4 is 27.7 Å². The van der Waals surface area contributed by atoms with Crippen molar-refractivity contribution in [3.8, 4) is 0 Å². The molecule has 1 aliphatic heterocycles. The smallest absolute Gasteiger partial charge is 1.00 e. The van der Waals surface area contributed by atoms with Crippen LogP contribution in [-0.2, 0) is 0 Å². The maximum absolute atomic E-state index is 11.1. The molecule has 0 saturated carbocycles. The summed E-state index contributed by atoms with van der Waals surface area (Å²) in [5.41, 5.74) is 0.887. The van der Waals surface area contributed by atoms with Crippen molar-refractivity contribution in [1.29, 1.82) is 0 Å². The standard InChI is InChI=1S/C8H4BrNO2.K.H/c9-4-1-2-5-6(3-4)8(12)10-7(5)11;;/h1-3H,(H,10,11,12);;/q;+1;-1. The summed E-state index contributed by atoms with van der Waals surface area (Å²) in [6, 6.07) is 4.99. The minimum absolute atomic E-state index is 0. The topological polar surface area (TPSA) is 46.2 Å². The van der Waals surface area contributed by atoms with Gasteiger partial charge in [0.05, 0.1) is 11.1 Å².